The average molecular weight is 453 g/mol. The van der Waals surface area contributed by atoms with Gasteiger partial charge in [-0.3, -0.25) is 0 Å². The summed E-state index contributed by atoms with van der Waals surface area (Å²) in [5.74, 6) is 14.8. The number of rotatable bonds is 10. The van der Waals surface area contributed by atoms with E-state index < -0.39 is 0 Å². The lowest BCUT2D eigenvalue weighted by atomic mass is 9.77. The predicted molar refractivity (Wildman–Crippen MR) is 148 cm³/mol. The van der Waals surface area contributed by atoms with Gasteiger partial charge in [0.15, 0.2) is 0 Å². The molecule has 1 saturated carbocycles. The Morgan fingerprint density at radius 3 is 1.74 bits per heavy atom. The number of hydrogen-bond donors (Lipinski definition) is 0. The van der Waals surface area contributed by atoms with Gasteiger partial charge in [0.1, 0.15) is 0 Å². The van der Waals surface area contributed by atoms with Gasteiger partial charge in [-0.25, -0.2) is 0 Å². The van der Waals surface area contributed by atoms with Crippen molar-refractivity contribution in [2.75, 3.05) is 0 Å². The van der Waals surface area contributed by atoms with Crippen molar-refractivity contribution in [3.63, 3.8) is 0 Å². The van der Waals surface area contributed by atoms with Crippen molar-refractivity contribution in [2.45, 2.75) is 110 Å². The topological polar surface area (TPSA) is 0 Å². The maximum absolute atomic E-state index is 3.33. The van der Waals surface area contributed by atoms with E-state index in [-0.39, 0.29) is 0 Å². The summed E-state index contributed by atoms with van der Waals surface area (Å²) in [7, 11) is 0. The first-order valence-corrected chi connectivity index (χ1v) is 14.0. The van der Waals surface area contributed by atoms with Gasteiger partial charge in [-0.15, -0.1) is 0 Å². The number of unbranched alkanes of at least 4 members (excludes halogenated alkanes) is 7. The fourth-order valence-electron chi connectivity index (χ4n) is 5.05. The molecule has 3 rings (SSSR count). The van der Waals surface area contributed by atoms with E-state index in [1.807, 2.05) is 0 Å². The highest BCUT2D eigenvalue weighted by Crippen LogP contribution is 2.37. The molecule has 0 N–H and O–H groups in total. The third-order valence-corrected chi connectivity index (χ3v) is 7.32. The summed E-state index contributed by atoms with van der Waals surface area (Å²) < 4.78 is 0. The van der Waals surface area contributed by atoms with Crippen LogP contribution >= 0.6 is 0 Å². The summed E-state index contributed by atoms with van der Waals surface area (Å²) in [4.78, 5) is 0. The normalized spacial score (nSPS) is 17.4. The third-order valence-electron chi connectivity index (χ3n) is 7.32. The Hall–Kier alpha value is -2.44. The van der Waals surface area contributed by atoms with Crippen molar-refractivity contribution in [1.82, 2.24) is 0 Å². The maximum atomic E-state index is 3.33. The Kier molecular flexibility index (Phi) is 11.9. The minimum absolute atomic E-state index is 0.744. The molecular weight excluding hydrogens is 408 g/mol. The van der Waals surface area contributed by atoms with E-state index in [1.54, 1.807) is 0 Å². The zero-order valence-electron chi connectivity index (χ0n) is 21.7. The summed E-state index contributed by atoms with van der Waals surface area (Å²) >= 11 is 0. The van der Waals surface area contributed by atoms with Gasteiger partial charge in [-0.1, -0.05) is 101 Å². The van der Waals surface area contributed by atoms with Crippen LogP contribution in [-0.4, -0.2) is 0 Å². The monoisotopic (exact) mass is 452 g/mol. The third kappa shape index (κ3) is 9.43. The molecule has 0 nitrogen and oxygen atoms in total. The summed E-state index contributed by atoms with van der Waals surface area (Å²) in [6.07, 6.45) is 18.9. The second-order valence-corrected chi connectivity index (χ2v) is 10.1. The van der Waals surface area contributed by atoms with Crippen molar-refractivity contribution in [1.29, 1.82) is 0 Å². The van der Waals surface area contributed by atoms with Crippen molar-refractivity contribution in [2.24, 2.45) is 5.92 Å². The Morgan fingerprint density at radius 1 is 0.588 bits per heavy atom. The minimum Gasteiger partial charge on any atom is -0.0979 e. The first kappa shape index (κ1) is 26.2. The van der Waals surface area contributed by atoms with Crippen molar-refractivity contribution in [3.8, 4) is 23.7 Å². The summed E-state index contributed by atoms with van der Waals surface area (Å²) in [6, 6.07) is 17.4. The van der Waals surface area contributed by atoms with Crippen LogP contribution in [0.3, 0.4) is 0 Å². The molecule has 1 fully saturated rings. The number of benzene rings is 2. The predicted octanol–water partition coefficient (Wildman–Crippen LogP) is 9.65. The van der Waals surface area contributed by atoms with Gasteiger partial charge >= 0.3 is 0 Å². The second kappa shape index (κ2) is 15.5. The van der Waals surface area contributed by atoms with Crippen LogP contribution in [0.25, 0.3) is 0 Å². The SMILES string of the molecule is CCCCC#Cc1ccc(C#Cc2ccc(C3CCC(CCCCCCCC)CC3)cc2)cc1. The lowest BCUT2D eigenvalue weighted by Crippen LogP contribution is -2.13. The lowest BCUT2D eigenvalue weighted by molar-refractivity contribution is 0.302. The molecule has 0 radical (unpaired) electrons. The van der Waals surface area contributed by atoms with Crippen LogP contribution in [0.4, 0.5) is 0 Å². The maximum Gasteiger partial charge on any atom is 0.0249 e. The van der Waals surface area contributed by atoms with E-state index in [0.29, 0.717) is 0 Å². The van der Waals surface area contributed by atoms with E-state index in [2.05, 4.69) is 86.1 Å². The van der Waals surface area contributed by atoms with Crippen molar-refractivity contribution in [3.05, 3.63) is 70.8 Å². The summed E-state index contributed by atoms with van der Waals surface area (Å²) in [6.45, 7) is 4.50. The highest BCUT2D eigenvalue weighted by molar-refractivity contribution is 5.46. The van der Waals surface area contributed by atoms with Crippen molar-refractivity contribution < 1.29 is 0 Å². The highest BCUT2D eigenvalue weighted by Gasteiger charge is 2.21. The summed E-state index contributed by atoms with van der Waals surface area (Å²) in [5.41, 5.74) is 4.73. The van der Waals surface area contributed by atoms with Crippen LogP contribution in [0.5, 0.6) is 0 Å². The van der Waals surface area contributed by atoms with Gasteiger partial charge in [-0.05, 0) is 85.9 Å². The molecule has 34 heavy (non-hydrogen) atoms. The molecular formula is C34H44. The Bertz CT molecular complexity index is 932. The van der Waals surface area contributed by atoms with E-state index in [0.717, 1.165) is 34.9 Å². The van der Waals surface area contributed by atoms with Crippen LogP contribution < -0.4 is 0 Å². The largest absolute Gasteiger partial charge is 0.0979 e. The van der Waals surface area contributed by atoms with Crippen LogP contribution in [0.1, 0.15) is 132 Å². The standard InChI is InChI=1S/C34H44/c1-3-5-7-9-10-12-14-30-21-25-33(26-22-30)34-27-23-32(24-28-34)20-19-31-17-15-29(16-18-31)13-11-8-6-4-2/h15-18,23-24,27-28,30,33H,3-10,12,14,21-22,25-26H2,1-2H3. The van der Waals surface area contributed by atoms with Crippen molar-refractivity contribution >= 4 is 0 Å². The van der Waals surface area contributed by atoms with Gasteiger partial charge < -0.3 is 0 Å². The zero-order chi connectivity index (χ0) is 23.8. The molecule has 0 aromatic heterocycles. The lowest BCUT2D eigenvalue weighted by Gasteiger charge is -2.29. The molecule has 0 bridgehead atoms. The molecule has 0 amide bonds. The van der Waals surface area contributed by atoms with E-state index in [9.17, 15) is 0 Å². The van der Waals surface area contributed by atoms with Crippen LogP contribution in [-0.2, 0) is 0 Å². The molecule has 0 spiro atoms. The average Bonchev–Trinajstić information content (AvgIpc) is 2.89. The van der Waals surface area contributed by atoms with Gasteiger partial charge in [0.25, 0.3) is 0 Å². The Morgan fingerprint density at radius 2 is 1.12 bits per heavy atom. The molecule has 180 valence electrons. The molecule has 2 aromatic rings. The fourth-order valence-corrected chi connectivity index (χ4v) is 5.05. The van der Waals surface area contributed by atoms with E-state index in [1.165, 1.54) is 89.0 Å². The molecule has 1 aliphatic rings. The van der Waals surface area contributed by atoms with Crippen LogP contribution in [0.15, 0.2) is 48.5 Å². The molecule has 2 aromatic carbocycles. The summed E-state index contributed by atoms with van der Waals surface area (Å²) in [5, 5.41) is 0. The Labute approximate surface area is 210 Å². The molecule has 0 heterocycles. The number of hydrogen-bond acceptors (Lipinski definition) is 0. The molecule has 1 aliphatic carbocycles. The second-order valence-electron chi connectivity index (χ2n) is 10.1. The first-order valence-electron chi connectivity index (χ1n) is 14.0. The van der Waals surface area contributed by atoms with Crippen LogP contribution in [0, 0.1) is 29.6 Å². The van der Waals surface area contributed by atoms with Gasteiger partial charge in [-0.2, -0.15) is 0 Å². The van der Waals surface area contributed by atoms with E-state index in [4.69, 9.17) is 0 Å². The van der Waals surface area contributed by atoms with Gasteiger partial charge in [0.2, 0.25) is 0 Å². The molecule has 0 heteroatoms. The molecule has 0 unspecified atom stereocenters. The fraction of sp³-hybridized carbons (Fsp3) is 0.529. The molecule has 0 atom stereocenters. The molecule has 0 saturated heterocycles. The zero-order valence-corrected chi connectivity index (χ0v) is 21.7. The Balaban J connectivity index is 1.42. The quantitative estimate of drug-likeness (QED) is 0.248. The molecule has 0 aliphatic heterocycles. The van der Waals surface area contributed by atoms with Gasteiger partial charge in [0.05, 0.1) is 0 Å². The minimum atomic E-state index is 0.744. The smallest absolute Gasteiger partial charge is 0.0249 e. The first-order chi connectivity index (χ1) is 16.8. The highest BCUT2D eigenvalue weighted by atomic mass is 14.3. The van der Waals surface area contributed by atoms with Crippen LogP contribution in [0.2, 0.25) is 0 Å². The van der Waals surface area contributed by atoms with Gasteiger partial charge in [0, 0.05) is 23.1 Å². The van der Waals surface area contributed by atoms with E-state index >= 15 is 0 Å².